The van der Waals surface area contributed by atoms with Crippen molar-refractivity contribution in [2.45, 2.75) is 0 Å². The quantitative estimate of drug-likeness (QED) is 0.444. The van der Waals surface area contributed by atoms with Gasteiger partial charge >= 0.3 is 0 Å². The molecule has 0 aliphatic carbocycles. The fourth-order valence-electron chi connectivity index (χ4n) is 2.94. The fourth-order valence-corrected chi connectivity index (χ4v) is 4.37. The van der Waals surface area contributed by atoms with Crippen molar-refractivity contribution in [1.29, 1.82) is 0 Å². The van der Waals surface area contributed by atoms with Gasteiger partial charge in [0.1, 0.15) is 16.5 Å². The third-order valence-corrected chi connectivity index (χ3v) is 5.70. The third kappa shape index (κ3) is 2.49. The zero-order chi connectivity index (χ0) is 17.3. The van der Waals surface area contributed by atoms with Crippen molar-refractivity contribution >= 4 is 22.7 Å². The lowest BCUT2D eigenvalue weighted by atomic mass is 9.97. The number of nitrogens with zero attached hydrogens (tertiary/aromatic N) is 3. The molecule has 0 radical (unpaired) electrons. The van der Waals surface area contributed by atoms with Gasteiger partial charge in [0.05, 0.1) is 11.8 Å². The Kier molecular flexibility index (Phi) is 3.73. The zero-order valence-electron chi connectivity index (χ0n) is 13.4. The Labute approximate surface area is 157 Å². The lowest BCUT2D eigenvalue weighted by Crippen LogP contribution is -1.96. The summed E-state index contributed by atoms with van der Waals surface area (Å²) in [6.07, 6.45) is 8.89. The molecule has 0 aliphatic rings. The van der Waals surface area contributed by atoms with E-state index in [1.54, 1.807) is 47.5 Å². The summed E-state index contributed by atoms with van der Waals surface area (Å²) < 4.78 is 5.79. The summed E-state index contributed by atoms with van der Waals surface area (Å²) in [5.41, 5.74) is 3.69. The fraction of sp³-hybridized carbons (Fsp3) is 0. The van der Waals surface area contributed by atoms with Crippen molar-refractivity contribution in [3.05, 3.63) is 66.1 Å². The number of thiazole rings is 1. The monoisotopic (exact) mass is 376 g/mol. The number of imidazole rings is 1. The molecular weight excluding hydrogens is 364 g/mol. The molecule has 0 atom stereocenters. The molecule has 0 fully saturated rings. The van der Waals surface area contributed by atoms with Crippen LogP contribution in [0.5, 0.6) is 0 Å². The summed E-state index contributed by atoms with van der Waals surface area (Å²) in [7, 11) is 0. The van der Waals surface area contributed by atoms with E-state index in [4.69, 9.17) is 9.40 Å². The minimum absolute atomic E-state index is 0.709. The number of furan rings is 1. The Morgan fingerprint density at radius 1 is 0.923 bits per heavy atom. The van der Waals surface area contributed by atoms with Gasteiger partial charge in [-0.2, -0.15) is 0 Å². The number of aromatic amines is 1. The molecule has 0 saturated heterocycles. The lowest BCUT2D eigenvalue weighted by molar-refractivity contribution is 0.582. The second-order valence-electron chi connectivity index (χ2n) is 5.50. The Morgan fingerprint density at radius 3 is 2.62 bits per heavy atom. The highest BCUT2D eigenvalue weighted by atomic mass is 32.1. The van der Waals surface area contributed by atoms with Crippen LogP contribution in [0, 0.1) is 0 Å². The van der Waals surface area contributed by atoms with Crippen LogP contribution in [0.25, 0.3) is 43.9 Å². The number of nitrogens with one attached hydrogen (secondary N) is 1. The van der Waals surface area contributed by atoms with Crippen molar-refractivity contribution in [3.63, 3.8) is 0 Å². The van der Waals surface area contributed by atoms with Gasteiger partial charge in [0.25, 0.3) is 0 Å². The van der Waals surface area contributed by atoms with E-state index in [1.807, 2.05) is 29.8 Å². The molecular formula is C19H12N4OS2. The van der Waals surface area contributed by atoms with Gasteiger partial charge < -0.3 is 9.40 Å². The topological polar surface area (TPSA) is 67.6 Å². The van der Waals surface area contributed by atoms with Gasteiger partial charge in [-0.05, 0) is 23.6 Å². The Hall–Kier alpha value is -3.03. The van der Waals surface area contributed by atoms with E-state index in [0.29, 0.717) is 5.82 Å². The molecule has 0 amide bonds. The van der Waals surface area contributed by atoms with Crippen LogP contribution in [0.1, 0.15) is 0 Å². The van der Waals surface area contributed by atoms with Crippen molar-refractivity contribution in [1.82, 2.24) is 19.9 Å². The number of pyridine rings is 1. The lowest BCUT2D eigenvalue weighted by Gasteiger charge is -2.14. The zero-order valence-corrected chi connectivity index (χ0v) is 15.1. The van der Waals surface area contributed by atoms with Crippen LogP contribution in [0.4, 0.5) is 0 Å². The van der Waals surface area contributed by atoms with Gasteiger partial charge in [-0.1, -0.05) is 6.07 Å². The molecule has 5 heterocycles. The van der Waals surface area contributed by atoms with Gasteiger partial charge in [-0.25, -0.2) is 9.97 Å². The molecule has 5 aromatic heterocycles. The first-order valence-corrected chi connectivity index (χ1v) is 9.68. The first kappa shape index (κ1) is 15.2. The summed E-state index contributed by atoms with van der Waals surface area (Å²) in [4.78, 5) is 18.0. The average Bonchev–Trinajstić information content (AvgIpc) is 3.49. The number of thiophene rings is 1. The molecule has 0 aliphatic heterocycles. The van der Waals surface area contributed by atoms with Crippen molar-refractivity contribution in [2.24, 2.45) is 0 Å². The van der Waals surface area contributed by atoms with Crippen molar-refractivity contribution < 1.29 is 4.42 Å². The summed E-state index contributed by atoms with van der Waals surface area (Å²) in [5, 5.41) is 4.91. The van der Waals surface area contributed by atoms with Crippen molar-refractivity contribution in [2.75, 3.05) is 0 Å². The standard InChI is InChI=1S/C19H12N4OS2/c1-3-13(24-8-1)15-12(14-4-2-9-25-14)11-23-17(18-20-5-6-21-18)16(15)19-22-7-10-26-19/h1-11H,(H,20,21). The molecule has 0 aromatic carbocycles. The Morgan fingerprint density at radius 2 is 1.92 bits per heavy atom. The van der Waals surface area contributed by atoms with Crippen LogP contribution in [0.2, 0.25) is 0 Å². The second-order valence-corrected chi connectivity index (χ2v) is 7.34. The number of H-pyrrole nitrogens is 1. The molecule has 5 rings (SSSR count). The van der Waals surface area contributed by atoms with E-state index in [2.05, 4.69) is 26.4 Å². The second kappa shape index (κ2) is 6.36. The highest BCUT2D eigenvalue weighted by Gasteiger charge is 2.24. The van der Waals surface area contributed by atoms with Gasteiger partial charge in [-0.3, -0.25) is 4.98 Å². The maximum atomic E-state index is 5.79. The predicted molar refractivity (Wildman–Crippen MR) is 104 cm³/mol. The summed E-state index contributed by atoms with van der Waals surface area (Å²) in [6.45, 7) is 0. The van der Waals surface area contributed by atoms with Crippen LogP contribution < -0.4 is 0 Å². The molecule has 1 N–H and O–H groups in total. The smallest absolute Gasteiger partial charge is 0.156 e. The minimum atomic E-state index is 0.709. The largest absolute Gasteiger partial charge is 0.464 e. The summed E-state index contributed by atoms with van der Waals surface area (Å²) >= 11 is 3.25. The van der Waals surface area contributed by atoms with E-state index in [-0.39, 0.29) is 0 Å². The maximum Gasteiger partial charge on any atom is 0.156 e. The van der Waals surface area contributed by atoms with E-state index >= 15 is 0 Å². The van der Waals surface area contributed by atoms with Gasteiger partial charge in [0.2, 0.25) is 0 Å². The van der Waals surface area contributed by atoms with E-state index in [1.165, 1.54) is 0 Å². The molecule has 126 valence electrons. The molecule has 0 saturated carbocycles. The SMILES string of the molecule is c1coc(-c2c(-c3cccs3)cnc(-c3ncc[nH]3)c2-c2nccs2)c1. The van der Waals surface area contributed by atoms with Gasteiger partial charge in [0, 0.05) is 46.2 Å². The normalized spacial score (nSPS) is 11.1. The molecule has 7 heteroatoms. The van der Waals surface area contributed by atoms with E-state index in [9.17, 15) is 0 Å². The molecule has 0 bridgehead atoms. The van der Waals surface area contributed by atoms with Gasteiger partial charge in [0.15, 0.2) is 5.82 Å². The minimum Gasteiger partial charge on any atom is -0.464 e. The highest BCUT2D eigenvalue weighted by molar-refractivity contribution is 7.14. The molecule has 5 nitrogen and oxygen atoms in total. The number of hydrogen-bond donors (Lipinski definition) is 1. The van der Waals surface area contributed by atoms with Gasteiger partial charge in [-0.15, -0.1) is 22.7 Å². The van der Waals surface area contributed by atoms with Crippen LogP contribution in [-0.4, -0.2) is 19.9 Å². The molecule has 0 unspecified atom stereocenters. The number of aromatic nitrogens is 4. The molecule has 0 spiro atoms. The summed E-state index contributed by atoms with van der Waals surface area (Å²) in [6, 6.07) is 7.99. The maximum absolute atomic E-state index is 5.79. The molecule has 26 heavy (non-hydrogen) atoms. The number of rotatable bonds is 4. The van der Waals surface area contributed by atoms with E-state index < -0.39 is 0 Å². The highest BCUT2D eigenvalue weighted by Crippen LogP contribution is 2.45. The Bertz CT molecular complexity index is 1020. The first-order valence-electron chi connectivity index (χ1n) is 7.92. The number of hydrogen-bond acceptors (Lipinski definition) is 6. The Balaban J connectivity index is 1.90. The van der Waals surface area contributed by atoms with Crippen LogP contribution in [-0.2, 0) is 0 Å². The van der Waals surface area contributed by atoms with Crippen LogP contribution in [0.15, 0.2) is 70.5 Å². The van der Waals surface area contributed by atoms with Crippen LogP contribution in [0.3, 0.4) is 0 Å². The van der Waals surface area contributed by atoms with Crippen molar-refractivity contribution in [3.8, 4) is 43.9 Å². The third-order valence-electron chi connectivity index (χ3n) is 4.00. The predicted octanol–water partition coefficient (Wildman–Crippen LogP) is 5.58. The van der Waals surface area contributed by atoms with E-state index in [0.717, 1.165) is 38.0 Å². The summed E-state index contributed by atoms with van der Waals surface area (Å²) in [5.74, 6) is 1.49. The van der Waals surface area contributed by atoms with Crippen LogP contribution >= 0.6 is 22.7 Å². The molecule has 5 aromatic rings. The first-order chi connectivity index (χ1) is 12.9. The average molecular weight is 376 g/mol.